The maximum Gasteiger partial charge on any atom is 0.239 e. The second-order valence-corrected chi connectivity index (χ2v) is 5.94. The number of nitrogens with two attached hydrogens (primary N) is 1. The normalized spacial score (nSPS) is 20.3. The van der Waals surface area contributed by atoms with Crippen molar-refractivity contribution in [1.82, 2.24) is 14.7 Å². The molecule has 0 saturated carbocycles. The Kier molecular flexibility index (Phi) is 4.73. The minimum absolute atomic E-state index is 0.00591. The van der Waals surface area contributed by atoms with Crippen molar-refractivity contribution in [3.05, 3.63) is 53.9 Å². The summed E-state index contributed by atoms with van der Waals surface area (Å²) in [4.78, 5) is 14.1. The predicted octanol–water partition coefficient (Wildman–Crippen LogP) is 1.12. The molecule has 0 spiro atoms. The molecule has 1 fully saturated rings. The van der Waals surface area contributed by atoms with Crippen LogP contribution < -0.4 is 5.73 Å². The largest absolute Gasteiger partial charge is 0.374 e. The molecule has 1 aliphatic heterocycles. The fraction of sp³-hybridized carbons (Fsp3) is 0.412. The maximum atomic E-state index is 12.0. The molecule has 2 aromatic rings. The number of aromatic nitrogens is 2. The van der Waals surface area contributed by atoms with Crippen LogP contribution in [0, 0.1) is 6.92 Å². The van der Waals surface area contributed by atoms with Gasteiger partial charge in [0.1, 0.15) is 6.04 Å². The third kappa shape index (κ3) is 3.78. The third-order valence-corrected chi connectivity index (χ3v) is 4.07. The number of benzene rings is 1. The van der Waals surface area contributed by atoms with Crippen LogP contribution in [0.15, 0.2) is 42.7 Å². The van der Waals surface area contributed by atoms with Crippen LogP contribution in [0.2, 0.25) is 0 Å². The van der Waals surface area contributed by atoms with Gasteiger partial charge in [0, 0.05) is 19.3 Å². The van der Waals surface area contributed by atoms with Gasteiger partial charge in [-0.2, -0.15) is 5.10 Å². The van der Waals surface area contributed by atoms with Gasteiger partial charge >= 0.3 is 0 Å². The van der Waals surface area contributed by atoms with Gasteiger partial charge in [-0.25, -0.2) is 0 Å². The Hall–Kier alpha value is -2.18. The number of aryl methyl sites for hydroxylation is 1. The average molecular weight is 314 g/mol. The van der Waals surface area contributed by atoms with Crippen molar-refractivity contribution in [3.8, 4) is 0 Å². The van der Waals surface area contributed by atoms with Crippen molar-refractivity contribution in [3.63, 3.8) is 0 Å². The first-order valence-electron chi connectivity index (χ1n) is 7.82. The van der Waals surface area contributed by atoms with Gasteiger partial charge in [-0.3, -0.25) is 14.4 Å². The van der Waals surface area contributed by atoms with Crippen LogP contribution in [0.25, 0.3) is 0 Å². The molecule has 3 rings (SSSR count). The van der Waals surface area contributed by atoms with Gasteiger partial charge in [0.25, 0.3) is 0 Å². The molecule has 1 aromatic heterocycles. The first kappa shape index (κ1) is 15.7. The summed E-state index contributed by atoms with van der Waals surface area (Å²) in [6, 6.07) is 9.25. The van der Waals surface area contributed by atoms with E-state index in [-0.39, 0.29) is 12.0 Å². The molecule has 0 unspecified atom stereocenters. The lowest BCUT2D eigenvalue weighted by molar-refractivity contribution is -0.127. The molecular formula is C17H22N4O2. The SMILES string of the molecule is Cc1cnn(C[C@H]2CN([C@H](C(N)=O)c3ccccc3)CCO2)c1. The number of carbonyl (C=O) groups is 1. The second-order valence-electron chi connectivity index (χ2n) is 5.94. The molecule has 0 radical (unpaired) electrons. The number of rotatable bonds is 5. The van der Waals surface area contributed by atoms with Gasteiger partial charge in [-0.15, -0.1) is 0 Å². The van der Waals surface area contributed by atoms with E-state index in [1.54, 1.807) is 0 Å². The quantitative estimate of drug-likeness (QED) is 0.897. The summed E-state index contributed by atoms with van der Waals surface area (Å²) >= 11 is 0. The molecule has 2 atom stereocenters. The van der Waals surface area contributed by atoms with E-state index >= 15 is 0 Å². The van der Waals surface area contributed by atoms with Crippen LogP contribution in [0.1, 0.15) is 17.2 Å². The molecule has 1 aliphatic rings. The highest BCUT2D eigenvalue weighted by Crippen LogP contribution is 2.23. The minimum atomic E-state index is -0.415. The monoisotopic (exact) mass is 314 g/mol. The molecule has 1 amide bonds. The number of primary amides is 1. The summed E-state index contributed by atoms with van der Waals surface area (Å²) < 4.78 is 7.71. The summed E-state index contributed by atoms with van der Waals surface area (Å²) in [5.41, 5.74) is 7.71. The van der Waals surface area contributed by atoms with E-state index in [4.69, 9.17) is 10.5 Å². The van der Waals surface area contributed by atoms with E-state index in [1.165, 1.54) is 0 Å². The van der Waals surface area contributed by atoms with E-state index in [9.17, 15) is 4.79 Å². The summed E-state index contributed by atoms with van der Waals surface area (Å²) in [7, 11) is 0. The highest BCUT2D eigenvalue weighted by atomic mass is 16.5. The lowest BCUT2D eigenvalue weighted by Crippen LogP contribution is -2.49. The van der Waals surface area contributed by atoms with Crippen molar-refractivity contribution in [2.24, 2.45) is 5.73 Å². The number of morpholine rings is 1. The summed E-state index contributed by atoms with van der Waals surface area (Å²) in [5, 5.41) is 4.30. The number of hydrogen-bond donors (Lipinski definition) is 1. The van der Waals surface area contributed by atoms with Crippen molar-refractivity contribution >= 4 is 5.91 Å². The molecule has 23 heavy (non-hydrogen) atoms. The number of ether oxygens (including phenoxy) is 1. The second kappa shape index (κ2) is 6.93. The highest BCUT2D eigenvalue weighted by Gasteiger charge is 2.31. The van der Waals surface area contributed by atoms with Gasteiger partial charge in [-0.05, 0) is 18.1 Å². The Balaban J connectivity index is 1.72. The zero-order valence-corrected chi connectivity index (χ0v) is 13.3. The topological polar surface area (TPSA) is 73.4 Å². The van der Waals surface area contributed by atoms with E-state index in [0.717, 1.165) is 11.1 Å². The first-order chi connectivity index (χ1) is 11.1. The third-order valence-electron chi connectivity index (χ3n) is 4.07. The molecule has 0 bridgehead atoms. The Morgan fingerprint density at radius 1 is 1.43 bits per heavy atom. The summed E-state index contributed by atoms with van der Waals surface area (Å²) in [6.45, 7) is 4.61. The molecule has 0 aliphatic carbocycles. The zero-order chi connectivity index (χ0) is 16.2. The number of amides is 1. The fourth-order valence-corrected chi connectivity index (χ4v) is 3.05. The van der Waals surface area contributed by atoms with Gasteiger partial charge in [0.05, 0.1) is 25.5 Å². The van der Waals surface area contributed by atoms with E-state index in [0.29, 0.717) is 26.2 Å². The van der Waals surface area contributed by atoms with Crippen molar-refractivity contribution in [2.75, 3.05) is 19.7 Å². The predicted molar refractivity (Wildman–Crippen MR) is 86.7 cm³/mol. The number of carbonyl (C=O) groups excluding carboxylic acids is 1. The average Bonchev–Trinajstić information content (AvgIpc) is 2.94. The van der Waals surface area contributed by atoms with Crippen LogP contribution >= 0.6 is 0 Å². The van der Waals surface area contributed by atoms with Gasteiger partial charge in [-0.1, -0.05) is 30.3 Å². The van der Waals surface area contributed by atoms with E-state index < -0.39 is 6.04 Å². The summed E-state index contributed by atoms with van der Waals surface area (Å²) in [6.07, 6.45) is 3.82. The Morgan fingerprint density at radius 2 is 2.22 bits per heavy atom. The fourth-order valence-electron chi connectivity index (χ4n) is 3.05. The van der Waals surface area contributed by atoms with Crippen LogP contribution in [0.4, 0.5) is 0 Å². The molecule has 6 heteroatoms. The summed E-state index contributed by atoms with van der Waals surface area (Å²) in [5.74, 6) is -0.327. The maximum absolute atomic E-state index is 12.0. The molecular weight excluding hydrogens is 292 g/mol. The van der Waals surface area contributed by atoms with Gasteiger partial charge in [0.15, 0.2) is 0 Å². The smallest absolute Gasteiger partial charge is 0.239 e. The standard InChI is InChI=1S/C17H22N4O2/c1-13-9-19-21(10-13)12-15-11-20(7-8-23-15)16(17(18)22)14-5-3-2-4-6-14/h2-6,9-10,15-16H,7-8,11-12H2,1H3,(H2,18,22)/t15-,16+/m1/s1. The van der Waals surface area contributed by atoms with Crippen molar-refractivity contribution in [2.45, 2.75) is 25.6 Å². The highest BCUT2D eigenvalue weighted by molar-refractivity contribution is 5.81. The Bertz CT molecular complexity index is 656. The lowest BCUT2D eigenvalue weighted by Gasteiger charge is -2.37. The molecule has 6 nitrogen and oxygen atoms in total. The number of nitrogens with zero attached hydrogens (tertiary/aromatic N) is 3. The number of hydrogen-bond acceptors (Lipinski definition) is 4. The van der Waals surface area contributed by atoms with Crippen LogP contribution in [-0.2, 0) is 16.1 Å². The lowest BCUT2D eigenvalue weighted by atomic mass is 10.0. The Morgan fingerprint density at radius 3 is 2.87 bits per heavy atom. The molecule has 122 valence electrons. The molecule has 1 aromatic carbocycles. The van der Waals surface area contributed by atoms with Gasteiger partial charge in [0.2, 0.25) is 5.91 Å². The van der Waals surface area contributed by atoms with Crippen LogP contribution in [0.5, 0.6) is 0 Å². The van der Waals surface area contributed by atoms with E-state index in [2.05, 4.69) is 10.00 Å². The van der Waals surface area contributed by atoms with Crippen molar-refractivity contribution < 1.29 is 9.53 Å². The molecule has 2 heterocycles. The van der Waals surface area contributed by atoms with E-state index in [1.807, 2.05) is 54.3 Å². The molecule has 2 N–H and O–H groups in total. The van der Waals surface area contributed by atoms with Gasteiger partial charge < -0.3 is 10.5 Å². The minimum Gasteiger partial charge on any atom is -0.374 e. The zero-order valence-electron chi connectivity index (χ0n) is 13.3. The first-order valence-corrected chi connectivity index (χ1v) is 7.82. The van der Waals surface area contributed by atoms with Crippen molar-refractivity contribution in [1.29, 1.82) is 0 Å². The molecule has 1 saturated heterocycles. The van der Waals surface area contributed by atoms with Crippen LogP contribution in [-0.4, -0.2) is 46.4 Å². The Labute approximate surface area is 135 Å². The van der Waals surface area contributed by atoms with Crippen LogP contribution in [0.3, 0.4) is 0 Å².